The fourth-order valence-electron chi connectivity index (χ4n) is 2.20. The van der Waals surface area contributed by atoms with Crippen LogP contribution in [0.5, 0.6) is 5.75 Å². The second kappa shape index (κ2) is 9.93. The van der Waals surface area contributed by atoms with Crippen LogP contribution in [0, 0.1) is 19.8 Å². The lowest BCUT2D eigenvalue weighted by Gasteiger charge is -2.13. The number of hydrogen-bond donors (Lipinski definition) is 2. The van der Waals surface area contributed by atoms with Crippen LogP contribution in [0.4, 0.5) is 0 Å². The minimum absolute atomic E-state index is 0.182. The zero-order valence-electron chi connectivity index (χ0n) is 14.8. The van der Waals surface area contributed by atoms with E-state index in [0.29, 0.717) is 37.0 Å². The molecule has 0 aliphatic rings. The Balaban J connectivity index is 2.51. The molecular weight excluding hydrogens is 310 g/mol. The van der Waals surface area contributed by atoms with Crippen LogP contribution >= 0.6 is 0 Å². The highest BCUT2D eigenvalue weighted by molar-refractivity contribution is 5.94. The Labute approximate surface area is 143 Å². The summed E-state index contributed by atoms with van der Waals surface area (Å²) < 4.78 is 10.7. The quantitative estimate of drug-likeness (QED) is 0.641. The van der Waals surface area contributed by atoms with Crippen LogP contribution in [0.25, 0.3) is 0 Å². The first kappa shape index (κ1) is 20.0. The normalized spacial score (nSPS) is 10.7. The Morgan fingerprint density at radius 1 is 1.17 bits per heavy atom. The van der Waals surface area contributed by atoms with Gasteiger partial charge >= 0.3 is 5.97 Å². The Bertz CT molecular complexity index is 546. The molecule has 2 N–H and O–H groups in total. The Kier molecular flexibility index (Phi) is 8.26. The van der Waals surface area contributed by atoms with Gasteiger partial charge in [0.25, 0.3) is 5.91 Å². The molecule has 0 aromatic heterocycles. The third-order valence-corrected chi connectivity index (χ3v) is 3.43. The molecule has 1 amide bonds. The lowest BCUT2D eigenvalue weighted by Crippen LogP contribution is -2.27. The van der Waals surface area contributed by atoms with Crippen molar-refractivity contribution in [3.63, 3.8) is 0 Å². The second-order valence-corrected chi connectivity index (χ2v) is 6.17. The van der Waals surface area contributed by atoms with Crippen LogP contribution in [0.2, 0.25) is 0 Å². The number of carbonyl (C=O) groups excluding carboxylic acids is 1. The molecule has 0 spiro atoms. The smallest absolute Gasteiger partial charge is 0.341 e. The highest BCUT2D eigenvalue weighted by Crippen LogP contribution is 2.24. The highest BCUT2D eigenvalue weighted by Gasteiger charge is 2.12. The van der Waals surface area contributed by atoms with Crippen molar-refractivity contribution in [2.45, 2.75) is 34.1 Å². The van der Waals surface area contributed by atoms with Gasteiger partial charge in [-0.2, -0.15) is 0 Å². The standard InChI is InChI=1S/C18H27NO5/c1-12(2)5-7-23-8-6-19-18(22)15-9-13(3)17(14(4)10-15)24-11-16(20)21/h9-10,12H,5-8,11H2,1-4H3,(H,19,22)(H,20,21). The summed E-state index contributed by atoms with van der Waals surface area (Å²) in [7, 11) is 0. The molecule has 0 aliphatic heterocycles. The summed E-state index contributed by atoms with van der Waals surface area (Å²) in [6.07, 6.45) is 1.00. The van der Waals surface area contributed by atoms with Gasteiger partial charge in [0.1, 0.15) is 5.75 Å². The SMILES string of the molecule is Cc1cc(C(=O)NCCOCCC(C)C)cc(C)c1OCC(=O)O. The van der Waals surface area contributed by atoms with Gasteiger partial charge in [0.05, 0.1) is 6.61 Å². The van der Waals surface area contributed by atoms with Crippen molar-refractivity contribution in [2.75, 3.05) is 26.4 Å². The molecule has 0 unspecified atom stereocenters. The predicted molar refractivity (Wildman–Crippen MR) is 91.7 cm³/mol. The maximum Gasteiger partial charge on any atom is 0.341 e. The van der Waals surface area contributed by atoms with E-state index in [9.17, 15) is 9.59 Å². The van der Waals surface area contributed by atoms with Crippen molar-refractivity contribution < 1.29 is 24.2 Å². The zero-order chi connectivity index (χ0) is 18.1. The van der Waals surface area contributed by atoms with Crippen molar-refractivity contribution in [1.29, 1.82) is 0 Å². The number of nitrogens with one attached hydrogen (secondary N) is 1. The number of aliphatic carboxylic acids is 1. The summed E-state index contributed by atoms with van der Waals surface area (Å²) in [6.45, 7) is 9.08. The first-order valence-electron chi connectivity index (χ1n) is 8.13. The fraction of sp³-hybridized carbons (Fsp3) is 0.556. The Morgan fingerprint density at radius 3 is 2.33 bits per heavy atom. The topological polar surface area (TPSA) is 84.9 Å². The predicted octanol–water partition coefficient (Wildman–Crippen LogP) is 2.56. The number of benzene rings is 1. The maximum absolute atomic E-state index is 12.2. The largest absolute Gasteiger partial charge is 0.481 e. The molecule has 0 atom stereocenters. The molecule has 6 nitrogen and oxygen atoms in total. The highest BCUT2D eigenvalue weighted by atomic mass is 16.5. The molecule has 0 heterocycles. The molecule has 0 saturated carbocycles. The molecule has 0 aliphatic carbocycles. The second-order valence-electron chi connectivity index (χ2n) is 6.17. The maximum atomic E-state index is 12.2. The number of rotatable bonds is 10. The van der Waals surface area contributed by atoms with Gasteiger partial charge in [0, 0.05) is 18.7 Å². The number of carboxylic acid groups (broad SMARTS) is 1. The van der Waals surface area contributed by atoms with E-state index in [2.05, 4.69) is 19.2 Å². The van der Waals surface area contributed by atoms with E-state index in [1.807, 2.05) is 0 Å². The number of amides is 1. The van der Waals surface area contributed by atoms with Crippen LogP contribution in [-0.4, -0.2) is 43.3 Å². The van der Waals surface area contributed by atoms with Crippen molar-refractivity contribution in [1.82, 2.24) is 5.32 Å². The molecular formula is C18H27NO5. The molecule has 134 valence electrons. The van der Waals surface area contributed by atoms with Crippen LogP contribution in [0.3, 0.4) is 0 Å². The van der Waals surface area contributed by atoms with Gasteiger partial charge in [-0.25, -0.2) is 4.79 Å². The third kappa shape index (κ3) is 7.00. The summed E-state index contributed by atoms with van der Waals surface area (Å²) in [5, 5.41) is 11.5. The lowest BCUT2D eigenvalue weighted by molar-refractivity contribution is -0.139. The van der Waals surface area contributed by atoms with E-state index in [-0.39, 0.29) is 5.91 Å². The van der Waals surface area contributed by atoms with E-state index < -0.39 is 12.6 Å². The van der Waals surface area contributed by atoms with E-state index in [4.69, 9.17) is 14.6 Å². The molecule has 1 aromatic rings. The summed E-state index contributed by atoms with van der Waals surface area (Å²) in [4.78, 5) is 22.8. The van der Waals surface area contributed by atoms with Gasteiger partial charge in [-0.05, 0) is 49.4 Å². The van der Waals surface area contributed by atoms with Gasteiger partial charge in [0.2, 0.25) is 0 Å². The minimum atomic E-state index is -1.03. The van der Waals surface area contributed by atoms with Crippen molar-refractivity contribution in [2.24, 2.45) is 5.92 Å². The molecule has 1 aromatic carbocycles. The molecule has 0 radical (unpaired) electrons. The molecule has 0 bridgehead atoms. The van der Waals surface area contributed by atoms with Crippen LogP contribution < -0.4 is 10.1 Å². The van der Waals surface area contributed by atoms with E-state index in [0.717, 1.165) is 17.5 Å². The summed E-state index contributed by atoms with van der Waals surface area (Å²) in [6, 6.07) is 3.39. The third-order valence-electron chi connectivity index (χ3n) is 3.43. The van der Waals surface area contributed by atoms with E-state index >= 15 is 0 Å². The summed E-state index contributed by atoms with van der Waals surface area (Å²) in [5.74, 6) is -0.107. The zero-order valence-corrected chi connectivity index (χ0v) is 14.8. The summed E-state index contributed by atoms with van der Waals surface area (Å²) >= 11 is 0. The minimum Gasteiger partial charge on any atom is -0.481 e. The summed E-state index contributed by atoms with van der Waals surface area (Å²) in [5.41, 5.74) is 1.99. The number of ether oxygens (including phenoxy) is 2. The molecule has 0 saturated heterocycles. The molecule has 6 heteroatoms. The van der Waals surface area contributed by atoms with Crippen LogP contribution in [0.15, 0.2) is 12.1 Å². The van der Waals surface area contributed by atoms with Crippen molar-refractivity contribution in [3.05, 3.63) is 28.8 Å². The monoisotopic (exact) mass is 337 g/mol. The molecule has 0 fully saturated rings. The van der Waals surface area contributed by atoms with Gasteiger partial charge < -0.3 is 19.9 Å². The number of carbonyl (C=O) groups is 2. The first-order valence-corrected chi connectivity index (χ1v) is 8.13. The Hall–Kier alpha value is -2.08. The first-order chi connectivity index (χ1) is 11.3. The number of aryl methyl sites for hydroxylation is 2. The number of hydrogen-bond acceptors (Lipinski definition) is 4. The average molecular weight is 337 g/mol. The molecule has 24 heavy (non-hydrogen) atoms. The van der Waals surface area contributed by atoms with Gasteiger partial charge in [0.15, 0.2) is 6.61 Å². The fourth-order valence-corrected chi connectivity index (χ4v) is 2.20. The van der Waals surface area contributed by atoms with E-state index in [1.54, 1.807) is 26.0 Å². The van der Waals surface area contributed by atoms with Gasteiger partial charge in [-0.15, -0.1) is 0 Å². The lowest BCUT2D eigenvalue weighted by atomic mass is 10.1. The van der Waals surface area contributed by atoms with Crippen LogP contribution in [-0.2, 0) is 9.53 Å². The van der Waals surface area contributed by atoms with Gasteiger partial charge in [-0.3, -0.25) is 4.79 Å². The van der Waals surface area contributed by atoms with E-state index in [1.165, 1.54) is 0 Å². The Morgan fingerprint density at radius 2 is 1.79 bits per heavy atom. The number of carboxylic acids is 1. The average Bonchev–Trinajstić information content (AvgIpc) is 2.48. The van der Waals surface area contributed by atoms with Crippen molar-refractivity contribution >= 4 is 11.9 Å². The van der Waals surface area contributed by atoms with Crippen molar-refractivity contribution in [3.8, 4) is 5.75 Å². The van der Waals surface area contributed by atoms with Gasteiger partial charge in [-0.1, -0.05) is 13.8 Å². The van der Waals surface area contributed by atoms with Crippen LogP contribution in [0.1, 0.15) is 41.8 Å². The molecule has 1 rings (SSSR count).